The normalized spacial score (nSPS) is 12.5. The molecule has 0 aromatic heterocycles. The Labute approximate surface area is 99.6 Å². The second-order valence-electron chi connectivity index (χ2n) is 5.04. The third-order valence-corrected chi connectivity index (χ3v) is 2.97. The third kappa shape index (κ3) is 9.60. The van der Waals surface area contributed by atoms with Gasteiger partial charge in [0.25, 0.3) is 0 Å². The van der Waals surface area contributed by atoms with Gasteiger partial charge in [0.1, 0.15) is 8.07 Å². The van der Waals surface area contributed by atoms with E-state index in [2.05, 4.69) is 43.3 Å². The first kappa shape index (κ1) is 15.0. The van der Waals surface area contributed by atoms with Crippen LogP contribution in [0.4, 0.5) is 4.79 Å². The van der Waals surface area contributed by atoms with Gasteiger partial charge in [-0.1, -0.05) is 39.4 Å². The van der Waals surface area contributed by atoms with E-state index >= 15 is 0 Å². The summed E-state index contributed by atoms with van der Waals surface area (Å²) in [5.41, 5.74) is 3.26. The summed E-state index contributed by atoms with van der Waals surface area (Å²) in [6.07, 6.45) is 2.69. The van der Waals surface area contributed by atoms with Crippen molar-refractivity contribution in [2.45, 2.75) is 58.3 Å². The van der Waals surface area contributed by atoms with Crippen molar-refractivity contribution in [2.24, 2.45) is 0 Å². The van der Waals surface area contributed by atoms with E-state index in [9.17, 15) is 4.79 Å². The molecule has 0 fully saturated rings. The molecule has 3 nitrogen and oxygen atoms in total. The lowest BCUT2D eigenvalue weighted by Crippen LogP contribution is -2.33. The van der Waals surface area contributed by atoms with Crippen LogP contribution in [0.1, 0.15) is 32.6 Å². The number of rotatable bonds is 5. The average molecular weight is 241 g/mol. The largest absolute Gasteiger partial charge is 0.465 e. The van der Waals surface area contributed by atoms with Crippen LogP contribution >= 0.6 is 0 Å². The first-order valence-corrected chi connectivity index (χ1v) is 9.34. The Hall–Kier alpha value is -0.953. The van der Waals surface area contributed by atoms with E-state index < -0.39 is 14.2 Å². The summed E-state index contributed by atoms with van der Waals surface area (Å²) in [5.74, 6) is 3.13. The smallest absolute Gasteiger partial charge is 0.404 e. The molecular formula is C12H23NO2Si. The SMILES string of the molecule is CCCCC(CC#C[Si](C)(C)C)NC(=O)O. The summed E-state index contributed by atoms with van der Waals surface area (Å²) in [6, 6.07) is -0.0127. The summed E-state index contributed by atoms with van der Waals surface area (Å²) in [5, 5.41) is 11.2. The molecule has 1 amide bonds. The first-order chi connectivity index (χ1) is 7.35. The molecule has 0 aliphatic carbocycles. The molecular weight excluding hydrogens is 218 g/mol. The van der Waals surface area contributed by atoms with Crippen molar-refractivity contribution in [3.05, 3.63) is 0 Å². The summed E-state index contributed by atoms with van der Waals surface area (Å²) in [6.45, 7) is 8.66. The Morgan fingerprint density at radius 1 is 1.44 bits per heavy atom. The van der Waals surface area contributed by atoms with Crippen LogP contribution in [0.2, 0.25) is 19.6 Å². The molecule has 0 aromatic carbocycles. The number of amides is 1. The Kier molecular flexibility index (Phi) is 6.90. The second kappa shape index (κ2) is 7.34. The minimum Gasteiger partial charge on any atom is -0.465 e. The Balaban J connectivity index is 4.18. The number of nitrogens with one attached hydrogen (secondary N) is 1. The van der Waals surface area contributed by atoms with Crippen LogP contribution in [0.3, 0.4) is 0 Å². The maximum absolute atomic E-state index is 10.6. The standard InChI is InChI=1S/C12H23NO2Si/c1-5-6-8-11(13-12(14)15)9-7-10-16(2,3)4/h11,13H,5-6,8-9H2,1-4H3,(H,14,15). The summed E-state index contributed by atoms with van der Waals surface area (Å²) in [7, 11) is -1.33. The molecule has 4 heteroatoms. The fraction of sp³-hybridized carbons (Fsp3) is 0.750. The van der Waals surface area contributed by atoms with Gasteiger partial charge >= 0.3 is 6.09 Å². The van der Waals surface area contributed by atoms with Gasteiger partial charge in [-0.2, -0.15) is 0 Å². The highest BCUT2D eigenvalue weighted by molar-refractivity contribution is 6.83. The van der Waals surface area contributed by atoms with Crippen LogP contribution in [-0.4, -0.2) is 25.3 Å². The van der Waals surface area contributed by atoms with Gasteiger partial charge in [-0.15, -0.1) is 11.5 Å². The average Bonchev–Trinajstić information content (AvgIpc) is 2.11. The summed E-state index contributed by atoms with van der Waals surface area (Å²) < 4.78 is 0. The molecule has 0 heterocycles. The Bertz CT molecular complexity index is 273. The molecule has 0 spiro atoms. The fourth-order valence-corrected chi connectivity index (χ4v) is 1.92. The van der Waals surface area contributed by atoms with E-state index in [4.69, 9.17) is 5.11 Å². The van der Waals surface area contributed by atoms with Gasteiger partial charge in [-0.3, -0.25) is 0 Å². The van der Waals surface area contributed by atoms with Crippen molar-refractivity contribution in [1.29, 1.82) is 0 Å². The molecule has 1 atom stereocenters. The molecule has 0 saturated heterocycles. The highest BCUT2D eigenvalue weighted by atomic mass is 28.3. The van der Waals surface area contributed by atoms with Crippen molar-refractivity contribution >= 4 is 14.2 Å². The molecule has 0 aliphatic rings. The molecule has 0 aliphatic heterocycles. The predicted molar refractivity (Wildman–Crippen MR) is 70.2 cm³/mol. The quantitative estimate of drug-likeness (QED) is 0.574. The van der Waals surface area contributed by atoms with Crippen molar-refractivity contribution in [3.8, 4) is 11.5 Å². The van der Waals surface area contributed by atoms with Gasteiger partial charge in [0.15, 0.2) is 0 Å². The zero-order valence-corrected chi connectivity index (χ0v) is 11.8. The summed E-state index contributed by atoms with van der Waals surface area (Å²) >= 11 is 0. The molecule has 0 saturated carbocycles. The van der Waals surface area contributed by atoms with E-state index in [-0.39, 0.29) is 6.04 Å². The monoisotopic (exact) mass is 241 g/mol. The molecule has 0 radical (unpaired) electrons. The zero-order valence-electron chi connectivity index (χ0n) is 10.8. The van der Waals surface area contributed by atoms with Gasteiger partial charge < -0.3 is 10.4 Å². The lowest BCUT2D eigenvalue weighted by Gasteiger charge is -2.13. The molecule has 0 rings (SSSR count). The molecule has 1 unspecified atom stereocenters. The minimum absolute atomic E-state index is 0.0127. The van der Waals surface area contributed by atoms with Gasteiger partial charge in [0, 0.05) is 12.5 Å². The first-order valence-electron chi connectivity index (χ1n) is 5.84. The second-order valence-corrected chi connectivity index (χ2v) is 9.79. The van der Waals surface area contributed by atoms with Gasteiger partial charge in [0.2, 0.25) is 0 Å². The summed E-state index contributed by atoms with van der Waals surface area (Å²) in [4.78, 5) is 10.6. The van der Waals surface area contributed by atoms with Crippen molar-refractivity contribution < 1.29 is 9.90 Å². The van der Waals surface area contributed by atoms with Crippen LogP contribution in [0.5, 0.6) is 0 Å². The lowest BCUT2D eigenvalue weighted by atomic mass is 10.1. The Morgan fingerprint density at radius 2 is 2.06 bits per heavy atom. The van der Waals surface area contributed by atoms with Crippen molar-refractivity contribution in [2.75, 3.05) is 0 Å². The highest BCUT2D eigenvalue weighted by Crippen LogP contribution is 2.05. The fourth-order valence-electron chi connectivity index (χ4n) is 1.29. The van der Waals surface area contributed by atoms with Crippen LogP contribution in [0.15, 0.2) is 0 Å². The van der Waals surface area contributed by atoms with E-state index in [1.165, 1.54) is 0 Å². The maximum Gasteiger partial charge on any atom is 0.404 e. The molecule has 0 bridgehead atoms. The van der Waals surface area contributed by atoms with E-state index in [1.807, 2.05) is 0 Å². The van der Waals surface area contributed by atoms with Gasteiger partial charge in [0.05, 0.1) is 0 Å². The van der Waals surface area contributed by atoms with Crippen LogP contribution in [0.25, 0.3) is 0 Å². The topological polar surface area (TPSA) is 49.3 Å². The van der Waals surface area contributed by atoms with Crippen molar-refractivity contribution in [3.63, 3.8) is 0 Å². The zero-order chi connectivity index (χ0) is 12.6. The predicted octanol–water partition coefficient (Wildman–Crippen LogP) is 3.08. The number of unbranched alkanes of at least 4 members (excludes halogenated alkanes) is 1. The maximum atomic E-state index is 10.6. The van der Waals surface area contributed by atoms with Crippen LogP contribution < -0.4 is 5.32 Å². The van der Waals surface area contributed by atoms with Crippen LogP contribution in [0, 0.1) is 11.5 Å². The minimum atomic E-state index is -1.33. The molecule has 2 N–H and O–H groups in total. The van der Waals surface area contributed by atoms with E-state index in [0.717, 1.165) is 19.3 Å². The lowest BCUT2D eigenvalue weighted by molar-refractivity contribution is 0.189. The molecule has 16 heavy (non-hydrogen) atoms. The highest BCUT2D eigenvalue weighted by Gasteiger charge is 2.11. The number of carbonyl (C=O) groups is 1. The number of carboxylic acid groups (broad SMARTS) is 1. The van der Waals surface area contributed by atoms with Crippen molar-refractivity contribution in [1.82, 2.24) is 5.32 Å². The van der Waals surface area contributed by atoms with Gasteiger partial charge in [-0.05, 0) is 6.42 Å². The van der Waals surface area contributed by atoms with Gasteiger partial charge in [-0.25, -0.2) is 4.79 Å². The number of hydrogen-bond donors (Lipinski definition) is 2. The molecule has 92 valence electrons. The third-order valence-electron chi connectivity index (χ3n) is 2.05. The van der Waals surface area contributed by atoms with E-state index in [0.29, 0.717) is 6.42 Å². The number of hydrogen-bond acceptors (Lipinski definition) is 1. The van der Waals surface area contributed by atoms with E-state index in [1.54, 1.807) is 0 Å². The Morgan fingerprint density at radius 3 is 2.50 bits per heavy atom. The van der Waals surface area contributed by atoms with Crippen LogP contribution in [-0.2, 0) is 0 Å². The molecule has 0 aromatic rings.